The van der Waals surface area contributed by atoms with Crippen molar-refractivity contribution in [1.82, 2.24) is 0 Å². The standard InChI is InChI=1S/C14H12O2/c15-13-8-7-11-10-4-2-1-3-9(10)5-6-12(11)14(13)16/h1-4,7-8,15-16H,5-6H2. The molecular formula is C14H12O2. The minimum atomic E-state index is -0.0295. The van der Waals surface area contributed by atoms with Gasteiger partial charge >= 0.3 is 0 Å². The maximum atomic E-state index is 9.82. The first-order valence-electron chi connectivity index (χ1n) is 5.39. The van der Waals surface area contributed by atoms with Gasteiger partial charge in [-0.3, -0.25) is 0 Å². The predicted molar refractivity (Wildman–Crippen MR) is 62.6 cm³/mol. The van der Waals surface area contributed by atoms with Crippen molar-refractivity contribution >= 4 is 0 Å². The van der Waals surface area contributed by atoms with Crippen LogP contribution in [0.15, 0.2) is 36.4 Å². The van der Waals surface area contributed by atoms with Crippen LogP contribution < -0.4 is 0 Å². The lowest BCUT2D eigenvalue weighted by molar-refractivity contribution is 0.399. The third kappa shape index (κ3) is 1.20. The number of rotatable bonds is 0. The zero-order valence-electron chi connectivity index (χ0n) is 8.77. The van der Waals surface area contributed by atoms with Gasteiger partial charge < -0.3 is 10.2 Å². The van der Waals surface area contributed by atoms with Crippen LogP contribution in [0.1, 0.15) is 11.1 Å². The Morgan fingerprint density at radius 2 is 1.62 bits per heavy atom. The van der Waals surface area contributed by atoms with Gasteiger partial charge in [0.1, 0.15) is 0 Å². The topological polar surface area (TPSA) is 40.5 Å². The highest BCUT2D eigenvalue weighted by molar-refractivity contribution is 5.76. The molecule has 0 amide bonds. The van der Waals surface area contributed by atoms with E-state index in [-0.39, 0.29) is 11.5 Å². The van der Waals surface area contributed by atoms with Crippen molar-refractivity contribution in [2.45, 2.75) is 12.8 Å². The number of hydrogen-bond acceptors (Lipinski definition) is 2. The Bertz CT molecular complexity index is 559. The molecule has 2 heteroatoms. The van der Waals surface area contributed by atoms with Crippen LogP contribution in [0.2, 0.25) is 0 Å². The minimum Gasteiger partial charge on any atom is -0.504 e. The molecule has 0 radical (unpaired) electrons. The van der Waals surface area contributed by atoms with Gasteiger partial charge in [0, 0.05) is 5.56 Å². The van der Waals surface area contributed by atoms with Gasteiger partial charge in [-0.1, -0.05) is 30.3 Å². The van der Waals surface area contributed by atoms with E-state index in [0.717, 1.165) is 24.0 Å². The molecule has 0 atom stereocenters. The van der Waals surface area contributed by atoms with Crippen molar-refractivity contribution in [2.75, 3.05) is 0 Å². The normalized spacial score (nSPS) is 13.0. The third-order valence-corrected chi connectivity index (χ3v) is 3.21. The highest BCUT2D eigenvalue weighted by Gasteiger charge is 2.19. The number of hydrogen-bond donors (Lipinski definition) is 2. The van der Waals surface area contributed by atoms with Crippen LogP contribution in [0.5, 0.6) is 11.5 Å². The van der Waals surface area contributed by atoms with Crippen LogP contribution >= 0.6 is 0 Å². The lowest BCUT2D eigenvalue weighted by atomic mass is 9.85. The molecule has 0 unspecified atom stereocenters. The largest absolute Gasteiger partial charge is 0.504 e. The number of fused-ring (bicyclic) bond motifs is 3. The van der Waals surface area contributed by atoms with Crippen LogP contribution in [-0.4, -0.2) is 10.2 Å². The SMILES string of the molecule is Oc1ccc2c(c1O)CCc1ccccc1-2. The average molecular weight is 212 g/mol. The Balaban J connectivity index is 2.30. The molecule has 0 heterocycles. The van der Waals surface area contributed by atoms with Crippen molar-refractivity contribution < 1.29 is 10.2 Å². The Morgan fingerprint density at radius 3 is 2.50 bits per heavy atom. The molecule has 3 rings (SSSR count). The molecular weight excluding hydrogens is 200 g/mol. The molecule has 2 nitrogen and oxygen atoms in total. The fourth-order valence-corrected chi connectivity index (χ4v) is 2.39. The maximum Gasteiger partial charge on any atom is 0.161 e. The summed E-state index contributed by atoms with van der Waals surface area (Å²) in [5, 5.41) is 19.3. The van der Waals surface area contributed by atoms with Crippen molar-refractivity contribution in [2.24, 2.45) is 0 Å². The summed E-state index contributed by atoms with van der Waals surface area (Å²) in [5.74, 6) is 0.00475. The molecule has 16 heavy (non-hydrogen) atoms. The number of benzene rings is 2. The van der Waals surface area contributed by atoms with Gasteiger partial charge in [0.05, 0.1) is 0 Å². The average Bonchev–Trinajstić information content (AvgIpc) is 2.33. The molecule has 0 spiro atoms. The molecule has 0 saturated carbocycles. The zero-order chi connectivity index (χ0) is 11.1. The van der Waals surface area contributed by atoms with E-state index < -0.39 is 0 Å². The molecule has 2 aromatic rings. The minimum absolute atomic E-state index is 0.0295. The third-order valence-electron chi connectivity index (χ3n) is 3.21. The fourth-order valence-electron chi connectivity index (χ4n) is 2.39. The van der Waals surface area contributed by atoms with E-state index in [0.29, 0.717) is 0 Å². The summed E-state index contributed by atoms with van der Waals surface area (Å²) >= 11 is 0. The highest BCUT2D eigenvalue weighted by atomic mass is 16.3. The van der Waals surface area contributed by atoms with Crippen LogP contribution in [0.25, 0.3) is 11.1 Å². The number of aromatic hydroxyl groups is 2. The molecule has 1 aliphatic rings. The van der Waals surface area contributed by atoms with Gasteiger partial charge in [-0.05, 0) is 35.6 Å². The molecule has 0 aliphatic heterocycles. The Labute approximate surface area is 93.8 Å². The number of aryl methyl sites for hydroxylation is 1. The Hall–Kier alpha value is -1.96. The van der Waals surface area contributed by atoms with Crippen LogP contribution in [-0.2, 0) is 12.8 Å². The van der Waals surface area contributed by atoms with Gasteiger partial charge in [0.15, 0.2) is 11.5 Å². The second-order valence-corrected chi connectivity index (χ2v) is 4.12. The molecule has 0 bridgehead atoms. The predicted octanol–water partition coefficient (Wildman–Crippen LogP) is 2.86. The molecule has 2 N–H and O–H groups in total. The second-order valence-electron chi connectivity index (χ2n) is 4.12. The fraction of sp³-hybridized carbons (Fsp3) is 0.143. The molecule has 0 fully saturated rings. The maximum absolute atomic E-state index is 9.82. The summed E-state index contributed by atoms with van der Waals surface area (Å²) in [6.45, 7) is 0. The van der Waals surface area contributed by atoms with E-state index in [1.54, 1.807) is 6.07 Å². The summed E-state index contributed by atoms with van der Waals surface area (Å²) in [6.07, 6.45) is 1.70. The molecule has 1 aliphatic carbocycles. The van der Waals surface area contributed by atoms with E-state index in [1.165, 1.54) is 11.1 Å². The van der Waals surface area contributed by atoms with Gasteiger partial charge in [0.2, 0.25) is 0 Å². The monoisotopic (exact) mass is 212 g/mol. The quantitative estimate of drug-likeness (QED) is 0.659. The molecule has 0 aromatic heterocycles. The van der Waals surface area contributed by atoms with Gasteiger partial charge in [0.25, 0.3) is 0 Å². The van der Waals surface area contributed by atoms with Gasteiger partial charge in [-0.2, -0.15) is 0 Å². The lowest BCUT2D eigenvalue weighted by Gasteiger charge is -2.20. The number of phenols is 2. The van der Waals surface area contributed by atoms with Crippen molar-refractivity contribution in [3.63, 3.8) is 0 Å². The van der Waals surface area contributed by atoms with Crippen LogP contribution in [0.3, 0.4) is 0 Å². The van der Waals surface area contributed by atoms with Crippen molar-refractivity contribution in [1.29, 1.82) is 0 Å². The van der Waals surface area contributed by atoms with E-state index in [9.17, 15) is 10.2 Å². The first kappa shape index (κ1) is 9.28. The molecule has 80 valence electrons. The summed E-state index contributed by atoms with van der Waals surface area (Å²) < 4.78 is 0. The van der Waals surface area contributed by atoms with E-state index in [4.69, 9.17) is 0 Å². The lowest BCUT2D eigenvalue weighted by Crippen LogP contribution is -2.03. The summed E-state index contributed by atoms with van der Waals surface area (Å²) in [4.78, 5) is 0. The smallest absolute Gasteiger partial charge is 0.161 e. The van der Waals surface area contributed by atoms with Crippen LogP contribution in [0, 0.1) is 0 Å². The van der Waals surface area contributed by atoms with Crippen LogP contribution in [0.4, 0.5) is 0 Å². The van der Waals surface area contributed by atoms with Crippen molar-refractivity contribution in [3.8, 4) is 22.6 Å². The first-order chi connectivity index (χ1) is 7.77. The van der Waals surface area contributed by atoms with E-state index in [1.807, 2.05) is 18.2 Å². The molecule has 2 aromatic carbocycles. The summed E-state index contributed by atoms with van der Waals surface area (Å²) in [7, 11) is 0. The Morgan fingerprint density at radius 1 is 0.812 bits per heavy atom. The highest BCUT2D eigenvalue weighted by Crippen LogP contribution is 2.41. The van der Waals surface area contributed by atoms with Gasteiger partial charge in [-0.15, -0.1) is 0 Å². The second kappa shape index (κ2) is 3.27. The Kier molecular flexibility index (Phi) is 1.90. The number of phenolic OH excluding ortho intramolecular Hbond substituents is 2. The van der Waals surface area contributed by atoms with Gasteiger partial charge in [-0.25, -0.2) is 0 Å². The zero-order valence-corrected chi connectivity index (χ0v) is 8.77. The van der Waals surface area contributed by atoms with Crippen molar-refractivity contribution in [3.05, 3.63) is 47.5 Å². The van der Waals surface area contributed by atoms with E-state index in [2.05, 4.69) is 12.1 Å². The molecule has 0 saturated heterocycles. The van der Waals surface area contributed by atoms with E-state index >= 15 is 0 Å². The first-order valence-corrected chi connectivity index (χ1v) is 5.39. The summed E-state index contributed by atoms with van der Waals surface area (Å²) in [6, 6.07) is 11.6. The summed E-state index contributed by atoms with van der Waals surface area (Å²) in [5.41, 5.74) is 4.37.